The lowest BCUT2D eigenvalue weighted by molar-refractivity contribution is 0.0790. The highest BCUT2D eigenvalue weighted by molar-refractivity contribution is 7.14. The molecule has 0 aromatic carbocycles. The van der Waals surface area contributed by atoms with Gasteiger partial charge in [0.15, 0.2) is 0 Å². The van der Waals surface area contributed by atoms with Crippen LogP contribution < -0.4 is 5.32 Å². The average molecular weight is 276 g/mol. The van der Waals surface area contributed by atoms with Crippen LogP contribution in [0.25, 0.3) is 0 Å². The molecule has 0 radical (unpaired) electrons. The highest BCUT2D eigenvalue weighted by atomic mass is 32.1. The number of hydrogen-bond acceptors (Lipinski definition) is 3. The molecular weight excluding hydrogens is 256 g/mol. The van der Waals surface area contributed by atoms with E-state index in [0.29, 0.717) is 12.0 Å². The summed E-state index contributed by atoms with van der Waals surface area (Å²) in [5, 5.41) is 3.57. The third-order valence-electron chi connectivity index (χ3n) is 4.84. The lowest BCUT2D eigenvalue weighted by Crippen LogP contribution is -2.41. The molecule has 0 spiro atoms. The minimum atomic E-state index is 0.274. The van der Waals surface area contributed by atoms with Crippen molar-refractivity contribution in [2.75, 3.05) is 19.6 Å². The Labute approximate surface area is 118 Å². The molecule has 1 aromatic heterocycles. The molecule has 1 N–H and O–H groups in total. The van der Waals surface area contributed by atoms with Gasteiger partial charge in [-0.15, -0.1) is 11.3 Å². The normalized spacial score (nSPS) is 29.4. The fraction of sp³-hybridized carbons (Fsp3) is 0.667. The Morgan fingerprint density at radius 1 is 1.32 bits per heavy atom. The molecule has 3 nitrogen and oxygen atoms in total. The zero-order valence-electron chi connectivity index (χ0n) is 11.2. The van der Waals surface area contributed by atoms with Gasteiger partial charge in [-0.05, 0) is 56.2 Å². The van der Waals surface area contributed by atoms with Crippen molar-refractivity contribution in [2.24, 2.45) is 5.92 Å². The minimum Gasteiger partial charge on any atom is -0.336 e. The summed E-state index contributed by atoms with van der Waals surface area (Å²) >= 11 is 1.74. The number of hydrogen-bond donors (Lipinski definition) is 1. The van der Waals surface area contributed by atoms with Crippen LogP contribution in [-0.2, 0) is 12.8 Å². The third kappa shape index (κ3) is 2.01. The number of carbonyl (C=O) groups is 1. The average Bonchev–Trinajstić information content (AvgIpc) is 3.10. The highest BCUT2D eigenvalue weighted by Gasteiger charge is 2.37. The first kappa shape index (κ1) is 11.9. The predicted molar refractivity (Wildman–Crippen MR) is 76.8 cm³/mol. The smallest absolute Gasteiger partial charge is 0.264 e. The Hall–Kier alpha value is -0.870. The van der Waals surface area contributed by atoms with E-state index < -0.39 is 0 Å². The summed E-state index contributed by atoms with van der Waals surface area (Å²) in [6.07, 6.45) is 6.16. The summed E-state index contributed by atoms with van der Waals surface area (Å²) in [7, 11) is 0. The first-order valence-electron chi connectivity index (χ1n) is 7.45. The molecule has 2 fully saturated rings. The number of likely N-dealkylation sites (tertiary alicyclic amines) is 1. The van der Waals surface area contributed by atoms with Crippen molar-refractivity contribution in [3.63, 3.8) is 0 Å². The van der Waals surface area contributed by atoms with Crippen LogP contribution in [0.4, 0.5) is 0 Å². The van der Waals surface area contributed by atoms with Crippen molar-refractivity contribution in [1.29, 1.82) is 0 Å². The van der Waals surface area contributed by atoms with Crippen LogP contribution in [0.2, 0.25) is 0 Å². The summed E-state index contributed by atoms with van der Waals surface area (Å²) in [5.74, 6) is 0.958. The number of fused-ring (bicyclic) bond motifs is 2. The van der Waals surface area contributed by atoms with Crippen LogP contribution in [0.3, 0.4) is 0 Å². The number of aryl methyl sites for hydroxylation is 2. The lowest BCUT2D eigenvalue weighted by Gasteiger charge is -2.24. The zero-order valence-corrected chi connectivity index (χ0v) is 12.0. The SMILES string of the molecule is O=C(c1cc2c(s1)CCC2)N1C[C@@H]2CCCN[C@@H]2C1. The van der Waals surface area contributed by atoms with Crippen molar-refractivity contribution >= 4 is 17.2 Å². The Balaban J connectivity index is 1.51. The third-order valence-corrected chi connectivity index (χ3v) is 6.07. The standard InChI is InChI=1S/C15H20N2OS/c18-15(14-7-10-3-1-5-13(10)19-14)17-8-11-4-2-6-16-12(11)9-17/h7,11-12,16H,1-6,8-9H2/t11-,12+/m0/s1. The first-order chi connectivity index (χ1) is 9.31. The second kappa shape index (κ2) is 4.60. The fourth-order valence-electron chi connectivity index (χ4n) is 3.80. The number of rotatable bonds is 1. The molecule has 4 heteroatoms. The molecule has 0 bridgehead atoms. The Morgan fingerprint density at radius 3 is 3.11 bits per heavy atom. The Bertz CT molecular complexity index is 475. The number of piperidine rings is 1. The van der Waals surface area contributed by atoms with Crippen LogP contribution in [0.5, 0.6) is 0 Å². The van der Waals surface area contributed by atoms with E-state index in [1.54, 1.807) is 11.3 Å². The van der Waals surface area contributed by atoms with Gasteiger partial charge in [0.05, 0.1) is 4.88 Å². The summed E-state index contributed by atoms with van der Waals surface area (Å²) in [6, 6.07) is 2.70. The topological polar surface area (TPSA) is 32.3 Å². The summed E-state index contributed by atoms with van der Waals surface area (Å²) in [6.45, 7) is 2.99. The molecule has 1 amide bonds. The molecular formula is C15H20N2OS. The molecule has 0 unspecified atom stereocenters. The maximum absolute atomic E-state index is 12.6. The molecule has 102 valence electrons. The van der Waals surface area contributed by atoms with Gasteiger partial charge in [-0.3, -0.25) is 4.79 Å². The maximum atomic E-state index is 12.6. The van der Waals surface area contributed by atoms with Crippen molar-refractivity contribution in [3.8, 4) is 0 Å². The van der Waals surface area contributed by atoms with Gasteiger partial charge >= 0.3 is 0 Å². The second-order valence-electron chi connectivity index (χ2n) is 6.09. The van der Waals surface area contributed by atoms with Gasteiger partial charge in [0.25, 0.3) is 5.91 Å². The highest BCUT2D eigenvalue weighted by Crippen LogP contribution is 2.33. The number of nitrogens with one attached hydrogen (secondary N) is 1. The Kier molecular flexibility index (Phi) is 2.88. The first-order valence-corrected chi connectivity index (χ1v) is 8.27. The van der Waals surface area contributed by atoms with Crippen LogP contribution in [0.1, 0.15) is 39.4 Å². The summed E-state index contributed by atoms with van der Waals surface area (Å²) < 4.78 is 0. The quantitative estimate of drug-likeness (QED) is 0.851. The van der Waals surface area contributed by atoms with E-state index in [9.17, 15) is 4.79 Å². The molecule has 0 saturated carbocycles. The molecule has 2 aliphatic heterocycles. The van der Waals surface area contributed by atoms with E-state index in [0.717, 1.165) is 24.5 Å². The van der Waals surface area contributed by atoms with Gasteiger partial charge in [0, 0.05) is 24.0 Å². The monoisotopic (exact) mass is 276 g/mol. The van der Waals surface area contributed by atoms with Crippen LogP contribution >= 0.6 is 11.3 Å². The van der Waals surface area contributed by atoms with Gasteiger partial charge in [0.1, 0.15) is 0 Å². The van der Waals surface area contributed by atoms with E-state index in [2.05, 4.69) is 16.3 Å². The van der Waals surface area contributed by atoms with Crippen molar-refractivity contribution < 1.29 is 4.79 Å². The number of amides is 1. The van der Waals surface area contributed by atoms with Crippen molar-refractivity contribution in [1.82, 2.24) is 10.2 Å². The van der Waals surface area contributed by atoms with Crippen LogP contribution in [-0.4, -0.2) is 36.5 Å². The lowest BCUT2D eigenvalue weighted by atomic mass is 9.94. The summed E-state index contributed by atoms with van der Waals surface area (Å²) in [5.41, 5.74) is 1.43. The van der Waals surface area contributed by atoms with E-state index in [1.807, 2.05) is 0 Å². The Morgan fingerprint density at radius 2 is 2.26 bits per heavy atom. The van der Waals surface area contributed by atoms with Gasteiger partial charge in [0.2, 0.25) is 0 Å². The van der Waals surface area contributed by atoms with E-state index in [1.165, 1.54) is 42.5 Å². The van der Waals surface area contributed by atoms with Gasteiger partial charge in [-0.25, -0.2) is 0 Å². The van der Waals surface area contributed by atoms with E-state index >= 15 is 0 Å². The number of thiophene rings is 1. The molecule has 1 aromatic rings. The molecule has 1 aliphatic carbocycles. The van der Waals surface area contributed by atoms with E-state index in [4.69, 9.17) is 0 Å². The second-order valence-corrected chi connectivity index (χ2v) is 7.22. The molecule has 2 saturated heterocycles. The van der Waals surface area contributed by atoms with Gasteiger partial charge < -0.3 is 10.2 Å². The summed E-state index contributed by atoms with van der Waals surface area (Å²) in [4.78, 5) is 17.1. The van der Waals surface area contributed by atoms with Crippen LogP contribution in [0.15, 0.2) is 6.07 Å². The predicted octanol–water partition coefficient (Wildman–Crippen LogP) is 2.06. The van der Waals surface area contributed by atoms with Gasteiger partial charge in [-0.2, -0.15) is 0 Å². The van der Waals surface area contributed by atoms with Crippen molar-refractivity contribution in [2.45, 2.75) is 38.1 Å². The molecule has 3 aliphatic rings. The van der Waals surface area contributed by atoms with Gasteiger partial charge in [-0.1, -0.05) is 0 Å². The minimum absolute atomic E-state index is 0.274. The maximum Gasteiger partial charge on any atom is 0.264 e. The largest absolute Gasteiger partial charge is 0.336 e. The van der Waals surface area contributed by atoms with Crippen molar-refractivity contribution in [3.05, 3.63) is 21.4 Å². The molecule has 19 heavy (non-hydrogen) atoms. The molecule has 2 atom stereocenters. The number of nitrogens with zero attached hydrogens (tertiary/aromatic N) is 1. The van der Waals surface area contributed by atoms with E-state index in [-0.39, 0.29) is 5.91 Å². The number of carbonyl (C=O) groups excluding carboxylic acids is 1. The molecule has 3 heterocycles. The van der Waals surface area contributed by atoms with Crippen LogP contribution in [0, 0.1) is 5.92 Å². The fourth-order valence-corrected chi connectivity index (χ4v) is 5.02. The zero-order chi connectivity index (χ0) is 12.8. The molecule has 4 rings (SSSR count).